The highest BCUT2D eigenvalue weighted by molar-refractivity contribution is 7.98. The SMILES string of the molecule is COC(=O)[C@H](CCSC)NC(=O)c1cccc(/C=C(/Cn2ccnc2)c2nccs2)c1. The molecule has 1 N–H and O–H groups in total. The van der Waals surface area contributed by atoms with Gasteiger partial charge >= 0.3 is 5.97 Å². The Balaban J connectivity index is 1.81. The standard InChI is InChI=1S/C22H24N4O3S2/c1-29-22(28)19(6-10-30-2)25-20(27)17-5-3-4-16(12-17)13-18(21-24-8-11-31-21)14-26-9-7-23-15-26/h3-5,7-9,11-13,15,19H,6,10,14H2,1-2H3,(H,25,27)/b18-13-/t19-/m0/s1. The second-order valence-electron chi connectivity index (χ2n) is 6.70. The summed E-state index contributed by atoms with van der Waals surface area (Å²) < 4.78 is 6.80. The summed E-state index contributed by atoms with van der Waals surface area (Å²) in [6.07, 6.45) is 11.6. The van der Waals surface area contributed by atoms with Crippen molar-refractivity contribution in [3.05, 3.63) is 70.7 Å². The Morgan fingerprint density at radius 2 is 2.23 bits per heavy atom. The summed E-state index contributed by atoms with van der Waals surface area (Å²) in [6, 6.07) is 6.63. The zero-order valence-corrected chi connectivity index (χ0v) is 19.0. The van der Waals surface area contributed by atoms with E-state index in [0.29, 0.717) is 18.5 Å². The topological polar surface area (TPSA) is 86.1 Å². The molecule has 0 bridgehead atoms. The summed E-state index contributed by atoms with van der Waals surface area (Å²) >= 11 is 3.17. The molecule has 2 aromatic heterocycles. The maximum Gasteiger partial charge on any atom is 0.328 e. The van der Waals surface area contributed by atoms with E-state index in [1.807, 2.05) is 40.6 Å². The van der Waals surface area contributed by atoms with E-state index < -0.39 is 12.0 Å². The van der Waals surface area contributed by atoms with E-state index in [0.717, 1.165) is 21.9 Å². The maximum atomic E-state index is 12.8. The van der Waals surface area contributed by atoms with Crippen molar-refractivity contribution in [2.75, 3.05) is 19.1 Å². The van der Waals surface area contributed by atoms with Crippen LogP contribution in [0.25, 0.3) is 11.6 Å². The molecule has 1 atom stereocenters. The van der Waals surface area contributed by atoms with Gasteiger partial charge in [-0.05, 0) is 42.2 Å². The van der Waals surface area contributed by atoms with Crippen LogP contribution in [0.1, 0.15) is 27.3 Å². The van der Waals surface area contributed by atoms with Gasteiger partial charge in [0.25, 0.3) is 5.91 Å². The number of benzene rings is 1. The van der Waals surface area contributed by atoms with Crippen LogP contribution >= 0.6 is 23.1 Å². The van der Waals surface area contributed by atoms with E-state index >= 15 is 0 Å². The molecule has 0 fully saturated rings. The van der Waals surface area contributed by atoms with Crippen LogP contribution in [0, 0.1) is 0 Å². The van der Waals surface area contributed by atoms with Gasteiger partial charge in [-0.3, -0.25) is 4.79 Å². The van der Waals surface area contributed by atoms with Gasteiger partial charge in [-0.15, -0.1) is 11.3 Å². The molecule has 162 valence electrons. The molecule has 1 amide bonds. The predicted molar refractivity (Wildman–Crippen MR) is 125 cm³/mol. The Hall–Kier alpha value is -2.91. The summed E-state index contributed by atoms with van der Waals surface area (Å²) in [5.74, 6) is -0.00386. The van der Waals surface area contributed by atoms with Gasteiger partial charge in [0.1, 0.15) is 11.0 Å². The third kappa shape index (κ3) is 6.53. The van der Waals surface area contributed by atoms with Gasteiger partial charge in [-0.2, -0.15) is 11.8 Å². The molecular formula is C22H24N4O3S2. The van der Waals surface area contributed by atoms with Crippen LogP contribution < -0.4 is 5.32 Å². The van der Waals surface area contributed by atoms with Gasteiger partial charge in [0.2, 0.25) is 0 Å². The summed E-state index contributed by atoms with van der Waals surface area (Å²) in [6.45, 7) is 0.614. The van der Waals surface area contributed by atoms with Gasteiger partial charge in [0, 0.05) is 35.1 Å². The van der Waals surface area contributed by atoms with Gasteiger partial charge in [-0.25, -0.2) is 14.8 Å². The van der Waals surface area contributed by atoms with Crippen LogP contribution in [-0.4, -0.2) is 51.6 Å². The van der Waals surface area contributed by atoms with Crippen molar-refractivity contribution >= 4 is 46.6 Å². The molecule has 3 rings (SSSR count). The number of thiazole rings is 1. The third-order valence-electron chi connectivity index (χ3n) is 4.51. The number of hydrogen-bond donors (Lipinski definition) is 1. The fraction of sp³-hybridized carbons (Fsp3) is 0.273. The first-order chi connectivity index (χ1) is 15.1. The lowest BCUT2D eigenvalue weighted by molar-refractivity contribution is -0.142. The molecule has 9 heteroatoms. The molecule has 0 spiro atoms. The number of thioether (sulfide) groups is 1. The first kappa shape index (κ1) is 22.8. The van der Waals surface area contributed by atoms with Crippen LogP contribution in [0.2, 0.25) is 0 Å². The molecule has 2 heterocycles. The summed E-state index contributed by atoms with van der Waals surface area (Å²) in [5, 5.41) is 5.63. The Bertz CT molecular complexity index is 1020. The molecule has 0 aliphatic heterocycles. The normalized spacial score (nSPS) is 12.4. The highest BCUT2D eigenvalue weighted by Gasteiger charge is 2.21. The molecule has 7 nitrogen and oxygen atoms in total. The number of nitrogens with one attached hydrogen (secondary N) is 1. The lowest BCUT2D eigenvalue weighted by atomic mass is 10.1. The van der Waals surface area contributed by atoms with E-state index in [4.69, 9.17) is 4.74 Å². The summed E-state index contributed by atoms with van der Waals surface area (Å²) in [5.41, 5.74) is 2.36. The average Bonchev–Trinajstić information content (AvgIpc) is 3.50. The monoisotopic (exact) mass is 456 g/mol. The minimum atomic E-state index is -0.670. The van der Waals surface area contributed by atoms with Crippen LogP contribution in [0.15, 0.2) is 54.6 Å². The van der Waals surface area contributed by atoms with E-state index in [1.165, 1.54) is 7.11 Å². The molecule has 0 saturated heterocycles. The van der Waals surface area contributed by atoms with Crippen LogP contribution in [0.4, 0.5) is 0 Å². The number of ether oxygens (including phenoxy) is 1. The van der Waals surface area contributed by atoms with Gasteiger partial charge in [-0.1, -0.05) is 12.1 Å². The number of allylic oxidation sites excluding steroid dienone is 1. The number of aromatic nitrogens is 3. The average molecular weight is 457 g/mol. The number of amides is 1. The number of esters is 1. The Morgan fingerprint density at radius 3 is 2.90 bits per heavy atom. The molecule has 0 aliphatic carbocycles. The smallest absolute Gasteiger partial charge is 0.328 e. The maximum absolute atomic E-state index is 12.8. The fourth-order valence-electron chi connectivity index (χ4n) is 2.97. The number of carbonyl (C=O) groups is 2. The molecule has 0 aliphatic rings. The minimum absolute atomic E-state index is 0.308. The number of imidazole rings is 1. The van der Waals surface area contributed by atoms with E-state index in [9.17, 15) is 9.59 Å². The number of nitrogens with zero attached hydrogens (tertiary/aromatic N) is 3. The van der Waals surface area contributed by atoms with Gasteiger partial charge in [0.15, 0.2) is 0 Å². The fourth-order valence-corrected chi connectivity index (χ4v) is 4.09. The molecule has 3 aromatic rings. The summed E-state index contributed by atoms with van der Waals surface area (Å²) in [4.78, 5) is 33.3. The number of methoxy groups -OCH3 is 1. The minimum Gasteiger partial charge on any atom is -0.467 e. The highest BCUT2D eigenvalue weighted by atomic mass is 32.2. The second kappa shape index (κ2) is 11.5. The van der Waals surface area contributed by atoms with Gasteiger partial charge < -0.3 is 14.6 Å². The number of carbonyl (C=O) groups excluding carboxylic acids is 2. The zero-order chi connectivity index (χ0) is 22.1. The molecule has 1 aromatic carbocycles. The van der Waals surface area contributed by atoms with Crippen molar-refractivity contribution in [2.45, 2.75) is 19.0 Å². The van der Waals surface area contributed by atoms with Crippen molar-refractivity contribution in [2.24, 2.45) is 0 Å². The Kier molecular flexibility index (Phi) is 8.43. The zero-order valence-electron chi connectivity index (χ0n) is 17.4. The van der Waals surface area contributed by atoms with Crippen molar-refractivity contribution in [1.29, 1.82) is 0 Å². The molecular weight excluding hydrogens is 432 g/mol. The van der Waals surface area contributed by atoms with E-state index in [2.05, 4.69) is 15.3 Å². The third-order valence-corrected chi connectivity index (χ3v) is 6.00. The molecule has 0 radical (unpaired) electrons. The second-order valence-corrected chi connectivity index (χ2v) is 8.58. The Labute approximate surface area is 189 Å². The van der Waals surface area contributed by atoms with Crippen molar-refractivity contribution in [1.82, 2.24) is 19.9 Å². The van der Waals surface area contributed by atoms with Crippen LogP contribution in [0.3, 0.4) is 0 Å². The highest BCUT2D eigenvalue weighted by Crippen LogP contribution is 2.23. The summed E-state index contributed by atoms with van der Waals surface area (Å²) in [7, 11) is 1.33. The van der Waals surface area contributed by atoms with Crippen molar-refractivity contribution in [3.8, 4) is 0 Å². The molecule has 0 saturated carbocycles. The van der Waals surface area contributed by atoms with Gasteiger partial charge in [0.05, 0.1) is 20.0 Å². The van der Waals surface area contributed by atoms with E-state index in [1.54, 1.807) is 54.0 Å². The number of hydrogen-bond acceptors (Lipinski definition) is 7. The first-order valence-corrected chi connectivity index (χ1v) is 11.9. The number of rotatable bonds is 10. The molecule has 0 unspecified atom stereocenters. The van der Waals surface area contributed by atoms with E-state index in [-0.39, 0.29) is 5.91 Å². The lowest BCUT2D eigenvalue weighted by Crippen LogP contribution is -2.41. The van der Waals surface area contributed by atoms with Crippen molar-refractivity contribution < 1.29 is 14.3 Å². The van der Waals surface area contributed by atoms with Crippen LogP contribution in [-0.2, 0) is 16.1 Å². The first-order valence-electron chi connectivity index (χ1n) is 9.64. The quantitative estimate of drug-likeness (QED) is 0.469. The molecule has 31 heavy (non-hydrogen) atoms. The van der Waals surface area contributed by atoms with Crippen molar-refractivity contribution in [3.63, 3.8) is 0 Å². The lowest BCUT2D eigenvalue weighted by Gasteiger charge is -2.16. The Morgan fingerprint density at radius 1 is 1.35 bits per heavy atom. The predicted octanol–water partition coefficient (Wildman–Crippen LogP) is 3.60. The van der Waals surface area contributed by atoms with Crippen LogP contribution in [0.5, 0.6) is 0 Å². The largest absolute Gasteiger partial charge is 0.467 e.